The van der Waals surface area contributed by atoms with Crippen molar-refractivity contribution in [3.63, 3.8) is 0 Å². The van der Waals surface area contributed by atoms with E-state index in [1.54, 1.807) is 0 Å². The second-order valence-corrected chi connectivity index (χ2v) is 14.6. The molecule has 1 saturated heterocycles. The van der Waals surface area contributed by atoms with E-state index in [-0.39, 0.29) is 6.10 Å². The van der Waals surface area contributed by atoms with E-state index in [0.717, 1.165) is 57.2 Å². The molecule has 1 aliphatic heterocycles. The molecule has 1 atom stereocenters. The van der Waals surface area contributed by atoms with Gasteiger partial charge >= 0.3 is 0 Å². The lowest BCUT2D eigenvalue weighted by Crippen LogP contribution is -2.56. The summed E-state index contributed by atoms with van der Waals surface area (Å²) in [5.41, 5.74) is 0. The molecule has 4 nitrogen and oxygen atoms in total. The number of nitrogens with zero attached hydrogens (tertiary/aromatic N) is 1. The van der Waals surface area contributed by atoms with Gasteiger partial charge in [0.25, 0.3) is 0 Å². The lowest BCUT2D eigenvalue weighted by atomic mass is 10.1. The average molecular weight is 649 g/mol. The molecule has 0 amide bonds. The molecule has 0 aromatic carbocycles. The second kappa shape index (κ2) is 34.2. The van der Waals surface area contributed by atoms with Gasteiger partial charge in [-0.1, -0.05) is 141 Å². The number of unbranched alkanes of at least 4 members (excludes halogenated alkanes) is 22. The maximum Gasteiger partial charge on any atom is 0.130 e. The van der Waals surface area contributed by atoms with Gasteiger partial charge in [-0.2, -0.15) is 0 Å². The molecule has 1 fully saturated rings. The van der Waals surface area contributed by atoms with Crippen LogP contribution in [-0.2, 0) is 14.2 Å². The van der Waals surface area contributed by atoms with Gasteiger partial charge in [-0.25, -0.2) is 0 Å². The lowest BCUT2D eigenvalue weighted by Gasteiger charge is -2.39. The maximum absolute atomic E-state index is 6.45. The summed E-state index contributed by atoms with van der Waals surface area (Å²) < 4.78 is 19.3. The van der Waals surface area contributed by atoms with Crippen molar-refractivity contribution in [1.29, 1.82) is 0 Å². The number of allylic oxidation sites excluding steroid dienone is 4. The number of quaternary nitrogens is 1. The summed E-state index contributed by atoms with van der Waals surface area (Å²) in [6.45, 7) is 12.0. The Balaban J connectivity index is 2.06. The molecule has 0 radical (unpaired) electrons. The highest BCUT2D eigenvalue weighted by Crippen LogP contribution is 2.14. The summed E-state index contributed by atoms with van der Waals surface area (Å²) >= 11 is 0. The van der Waals surface area contributed by atoms with Crippen molar-refractivity contribution in [2.75, 3.05) is 59.7 Å². The van der Waals surface area contributed by atoms with E-state index in [9.17, 15) is 0 Å². The Kier molecular flexibility index (Phi) is 32.2. The first-order valence-electron chi connectivity index (χ1n) is 20.6. The van der Waals surface area contributed by atoms with Crippen LogP contribution in [0.25, 0.3) is 0 Å². The third-order valence-electron chi connectivity index (χ3n) is 9.81. The minimum absolute atomic E-state index is 0.197. The van der Waals surface area contributed by atoms with Crippen LogP contribution < -0.4 is 0 Å². The van der Waals surface area contributed by atoms with Gasteiger partial charge in [-0.05, 0) is 64.2 Å². The second-order valence-electron chi connectivity index (χ2n) is 14.6. The zero-order chi connectivity index (χ0) is 33.1. The van der Waals surface area contributed by atoms with E-state index in [0.29, 0.717) is 0 Å². The van der Waals surface area contributed by atoms with Gasteiger partial charge in [0, 0.05) is 13.2 Å². The van der Waals surface area contributed by atoms with Crippen LogP contribution >= 0.6 is 0 Å². The van der Waals surface area contributed by atoms with Crippen molar-refractivity contribution >= 4 is 0 Å². The van der Waals surface area contributed by atoms with Crippen LogP contribution in [0, 0.1) is 0 Å². The van der Waals surface area contributed by atoms with Crippen molar-refractivity contribution in [3.05, 3.63) is 24.3 Å². The number of ether oxygens (including phenoxy) is 3. The van der Waals surface area contributed by atoms with Crippen molar-refractivity contribution < 1.29 is 18.7 Å². The summed E-state index contributed by atoms with van der Waals surface area (Å²) in [6, 6.07) is 0. The SMILES string of the molecule is CCCCCCCC/C=C\CCCCCCCOCC(C[N+]1(C)CCOCC1)OCCCCCCC/C=C\CCCCCCCC. The van der Waals surface area contributed by atoms with Crippen LogP contribution in [0.15, 0.2) is 24.3 Å². The Morgan fingerprint density at radius 3 is 1.37 bits per heavy atom. The van der Waals surface area contributed by atoms with Gasteiger partial charge in [0.1, 0.15) is 25.7 Å². The molecule has 0 bridgehead atoms. The summed E-state index contributed by atoms with van der Waals surface area (Å²) in [6.07, 6.45) is 44.6. The fourth-order valence-electron chi connectivity index (χ4n) is 6.52. The van der Waals surface area contributed by atoms with Crippen molar-refractivity contribution in [1.82, 2.24) is 0 Å². The average Bonchev–Trinajstić information content (AvgIpc) is 3.06. The van der Waals surface area contributed by atoms with Crippen LogP contribution in [0.2, 0.25) is 0 Å². The fraction of sp³-hybridized carbons (Fsp3) is 0.905. The summed E-state index contributed by atoms with van der Waals surface area (Å²) in [5, 5.41) is 0. The molecular formula is C42H82NO3+. The number of likely N-dealkylation sites (N-methyl/N-ethyl adjacent to an activating group) is 1. The molecule has 0 N–H and O–H groups in total. The molecule has 272 valence electrons. The van der Waals surface area contributed by atoms with Gasteiger partial charge in [-0.15, -0.1) is 0 Å². The first-order chi connectivity index (χ1) is 22.7. The third kappa shape index (κ3) is 29.5. The standard InChI is InChI=1S/C42H82NO3/c1-4-6-8-10-12-14-16-18-20-22-24-26-28-30-32-36-45-41-42(40-43(3)34-38-44-39-35-43)46-37-33-31-29-27-25-23-21-19-17-15-13-11-9-7-5-2/h18-21,42H,4-17,22-41H2,1-3H3/q+1/b20-18-,21-19-. The molecule has 1 unspecified atom stereocenters. The number of morpholine rings is 1. The summed E-state index contributed by atoms with van der Waals surface area (Å²) in [5.74, 6) is 0. The van der Waals surface area contributed by atoms with Crippen LogP contribution in [-0.4, -0.2) is 70.3 Å². The van der Waals surface area contributed by atoms with Gasteiger partial charge in [0.05, 0.1) is 26.9 Å². The molecule has 1 rings (SSSR count). The normalized spacial score (nSPS) is 15.8. The van der Waals surface area contributed by atoms with Gasteiger partial charge < -0.3 is 18.7 Å². The number of rotatable bonds is 35. The molecule has 0 spiro atoms. The molecule has 46 heavy (non-hydrogen) atoms. The van der Waals surface area contributed by atoms with Gasteiger partial charge in [0.2, 0.25) is 0 Å². The highest BCUT2D eigenvalue weighted by Gasteiger charge is 2.29. The largest absolute Gasteiger partial charge is 0.379 e. The minimum Gasteiger partial charge on any atom is -0.379 e. The monoisotopic (exact) mass is 649 g/mol. The number of hydrogen-bond donors (Lipinski definition) is 0. The fourth-order valence-corrected chi connectivity index (χ4v) is 6.52. The van der Waals surface area contributed by atoms with Crippen molar-refractivity contribution in [2.45, 2.75) is 187 Å². The van der Waals surface area contributed by atoms with E-state index in [2.05, 4.69) is 45.2 Å². The first kappa shape index (κ1) is 43.3. The van der Waals surface area contributed by atoms with Crippen molar-refractivity contribution in [3.8, 4) is 0 Å². The van der Waals surface area contributed by atoms with E-state index in [4.69, 9.17) is 14.2 Å². The Hall–Kier alpha value is -0.680. The van der Waals surface area contributed by atoms with E-state index < -0.39 is 0 Å². The van der Waals surface area contributed by atoms with Crippen LogP contribution in [0.3, 0.4) is 0 Å². The summed E-state index contributed by atoms with van der Waals surface area (Å²) in [4.78, 5) is 0. The van der Waals surface area contributed by atoms with Gasteiger partial charge in [-0.3, -0.25) is 0 Å². The zero-order valence-corrected chi connectivity index (χ0v) is 31.6. The predicted molar refractivity (Wildman–Crippen MR) is 202 cm³/mol. The molecule has 1 aliphatic rings. The Morgan fingerprint density at radius 1 is 0.522 bits per heavy atom. The van der Waals surface area contributed by atoms with Crippen LogP contribution in [0.5, 0.6) is 0 Å². The van der Waals surface area contributed by atoms with Gasteiger partial charge in [0.15, 0.2) is 0 Å². The van der Waals surface area contributed by atoms with Crippen LogP contribution in [0.1, 0.15) is 181 Å². The smallest absolute Gasteiger partial charge is 0.130 e. The van der Waals surface area contributed by atoms with E-state index in [1.807, 2.05) is 0 Å². The molecule has 1 heterocycles. The molecule has 0 saturated carbocycles. The topological polar surface area (TPSA) is 27.7 Å². The predicted octanol–water partition coefficient (Wildman–Crippen LogP) is 12.2. The van der Waals surface area contributed by atoms with Crippen LogP contribution in [0.4, 0.5) is 0 Å². The third-order valence-corrected chi connectivity index (χ3v) is 9.81. The zero-order valence-electron chi connectivity index (χ0n) is 31.6. The van der Waals surface area contributed by atoms with E-state index >= 15 is 0 Å². The maximum atomic E-state index is 6.45. The lowest BCUT2D eigenvalue weighted by molar-refractivity contribution is -0.919. The van der Waals surface area contributed by atoms with Crippen molar-refractivity contribution in [2.24, 2.45) is 0 Å². The highest BCUT2D eigenvalue weighted by molar-refractivity contribution is 4.82. The van der Waals surface area contributed by atoms with E-state index in [1.165, 1.54) is 167 Å². The Labute approximate surface area is 289 Å². The highest BCUT2D eigenvalue weighted by atomic mass is 16.5. The molecule has 0 aliphatic carbocycles. The molecular weight excluding hydrogens is 566 g/mol. The first-order valence-corrected chi connectivity index (χ1v) is 20.6. The molecule has 4 heteroatoms. The Bertz CT molecular complexity index is 657. The minimum atomic E-state index is 0.197. The summed E-state index contributed by atoms with van der Waals surface area (Å²) in [7, 11) is 2.37. The Morgan fingerprint density at radius 2 is 0.913 bits per heavy atom. The molecule has 0 aromatic heterocycles. The quantitative estimate of drug-likeness (QED) is 0.0389. The number of hydrogen-bond acceptors (Lipinski definition) is 3. The molecule has 0 aromatic rings.